The first-order chi connectivity index (χ1) is 14.9. The van der Waals surface area contributed by atoms with Crippen molar-refractivity contribution >= 4 is 23.6 Å². The number of imide groups is 1. The lowest BCUT2D eigenvalue weighted by molar-refractivity contribution is -0.140. The standard InChI is InChI=1S/C23H31N3O5/c1-15(2)12-14-31-17-9-7-16(8-10-17)21(28)25-24-20(27)11-13-26-22(29)18-5-3-4-6-19(18)23(26)30/h7-10,15,18-19H,3-6,11-14H2,1-2H3,(H,24,27)(H,25,28). The summed E-state index contributed by atoms with van der Waals surface area (Å²) >= 11 is 0. The highest BCUT2D eigenvalue weighted by atomic mass is 16.5. The summed E-state index contributed by atoms with van der Waals surface area (Å²) in [6.07, 6.45) is 4.31. The fourth-order valence-corrected chi connectivity index (χ4v) is 4.04. The number of hydrogen-bond donors (Lipinski definition) is 2. The Morgan fingerprint density at radius 1 is 1.03 bits per heavy atom. The van der Waals surface area contributed by atoms with Crippen LogP contribution in [0.4, 0.5) is 0 Å². The molecule has 1 aromatic carbocycles. The van der Waals surface area contributed by atoms with E-state index in [2.05, 4.69) is 24.7 Å². The van der Waals surface area contributed by atoms with Gasteiger partial charge in [0.25, 0.3) is 5.91 Å². The average Bonchev–Trinajstić information content (AvgIpc) is 3.01. The molecule has 2 fully saturated rings. The van der Waals surface area contributed by atoms with Crippen LogP contribution in [0, 0.1) is 17.8 Å². The summed E-state index contributed by atoms with van der Waals surface area (Å²) in [7, 11) is 0. The summed E-state index contributed by atoms with van der Waals surface area (Å²) in [4.78, 5) is 50.4. The van der Waals surface area contributed by atoms with E-state index < -0.39 is 11.8 Å². The number of nitrogens with one attached hydrogen (secondary N) is 2. The van der Waals surface area contributed by atoms with Gasteiger partial charge < -0.3 is 4.74 Å². The first-order valence-corrected chi connectivity index (χ1v) is 11.0. The van der Waals surface area contributed by atoms with Gasteiger partial charge in [0, 0.05) is 18.5 Å². The van der Waals surface area contributed by atoms with Crippen molar-refractivity contribution in [2.45, 2.75) is 52.4 Å². The molecule has 1 saturated heterocycles. The number of ether oxygens (including phenoxy) is 1. The monoisotopic (exact) mass is 429 g/mol. The number of nitrogens with zero attached hydrogens (tertiary/aromatic N) is 1. The van der Waals surface area contributed by atoms with Crippen LogP contribution in [0.15, 0.2) is 24.3 Å². The minimum Gasteiger partial charge on any atom is -0.494 e. The van der Waals surface area contributed by atoms with Gasteiger partial charge in [-0.2, -0.15) is 0 Å². The van der Waals surface area contributed by atoms with Crippen LogP contribution >= 0.6 is 0 Å². The van der Waals surface area contributed by atoms with Gasteiger partial charge >= 0.3 is 0 Å². The van der Waals surface area contributed by atoms with E-state index in [0.29, 0.717) is 23.8 Å². The Kier molecular flexibility index (Phi) is 7.65. The maximum absolute atomic E-state index is 12.4. The molecule has 0 bridgehead atoms. The van der Waals surface area contributed by atoms with Crippen molar-refractivity contribution < 1.29 is 23.9 Å². The molecule has 2 atom stereocenters. The van der Waals surface area contributed by atoms with Crippen LogP contribution in [0.2, 0.25) is 0 Å². The van der Waals surface area contributed by atoms with Crippen LogP contribution < -0.4 is 15.6 Å². The van der Waals surface area contributed by atoms with E-state index in [4.69, 9.17) is 4.74 Å². The molecule has 8 nitrogen and oxygen atoms in total. The van der Waals surface area contributed by atoms with E-state index >= 15 is 0 Å². The van der Waals surface area contributed by atoms with E-state index in [0.717, 1.165) is 32.1 Å². The average molecular weight is 430 g/mol. The fraction of sp³-hybridized carbons (Fsp3) is 0.565. The third kappa shape index (κ3) is 5.83. The largest absolute Gasteiger partial charge is 0.494 e. The summed E-state index contributed by atoms with van der Waals surface area (Å²) in [6.45, 7) is 4.90. The molecule has 1 heterocycles. The van der Waals surface area contributed by atoms with Gasteiger partial charge in [0.05, 0.1) is 18.4 Å². The molecule has 1 saturated carbocycles. The van der Waals surface area contributed by atoms with E-state index in [9.17, 15) is 19.2 Å². The molecule has 3 rings (SSSR count). The van der Waals surface area contributed by atoms with Gasteiger partial charge in [-0.25, -0.2) is 0 Å². The lowest BCUT2D eigenvalue weighted by Gasteiger charge is -2.19. The van der Waals surface area contributed by atoms with Crippen molar-refractivity contribution in [1.29, 1.82) is 0 Å². The van der Waals surface area contributed by atoms with Crippen LogP contribution in [0.5, 0.6) is 5.75 Å². The summed E-state index contributed by atoms with van der Waals surface area (Å²) in [5.41, 5.74) is 5.08. The van der Waals surface area contributed by atoms with Crippen LogP contribution in [0.25, 0.3) is 0 Å². The lowest BCUT2D eigenvalue weighted by atomic mass is 9.81. The molecule has 0 aromatic heterocycles. The van der Waals surface area contributed by atoms with Gasteiger partial charge in [-0.05, 0) is 49.4 Å². The Morgan fingerprint density at radius 3 is 2.23 bits per heavy atom. The Balaban J connectivity index is 1.41. The molecule has 2 unspecified atom stereocenters. The Labute approximate surface area is 182 Å². The number of carbonyl (C=O) groups excluding carboxylic acids is 4. The molecule has 0 spiro atoms. The number of hydrogen-bond acceptors (Lipinski definition) is 5. The number of likely N-dealkylation sites (tertiary alicyclic amines) is 1. The van der Waals surface area contributed by atoms with Crippen LogP contribution in [0.3, 0.4) is 0 Å². The van der Waals surface area contributed by atoms with Crippen LogP contribution in [-0.2, 0) is 14.4 Å². The molecular weight excluding hydrogens is 398 g/mol. The maximum Gasteiger partial charge on any atom is 0.269 e. The van der Waals surface area contributed by atoms with Gasteiger partial charge in [0.15, 0.2) is 0 Å². The second kappa shape index (κ2) is 10.4. The third-order valence-electron chi connectivity index (χ3n) is 5.89. The molecule has 168 valence electrons. The molecule has 2 N–H and O–H groups in total. The van der Waals surface area contributed by atoms with Crippen molar-refractivity contribution in [1.82, 2.24) is 15.8 Å². The molecule has 2 aliphatic rings. The predicted octanol–water partition coefficient (Wildman–Crippen LogP) is 2.44. The number of hydrazine groups is 1. The topological polar surface area (TPSA) is 105 Å². The lowest BCUT2D eigenvalue weighted by Crippen LogP contribution is -2.43. The van der Waals surface area contributed by atoms with Crippen LogP contribution in [0.1, 0.15) is 62.7 Å². The first kappa shape index (κ1) is 22.8. The molecule has 1 aliphatic carbocycles. The van der Waals surface area contributed by atoms with E-state index in [-0.39, 0.29) is 36.6 Å². The molecule has 1 aromatic rings. The van der Waals surface area contributed by atoms with Crippen molar-refractivity contribution in [3.05, 3.63) is 29.8 Å². The summed E-state index contributed by atoms with van der Waals surface area (Å²) in [5, 5.41) is 0. The van der Waals surface area contributed by atoms with Gasteiger partial charge in [-0.1, -0.05) is 26.7 Å². The number of rotatable bonds is 8. The number of amides is 4. The highest BCUT2D eigenvalue weighted by molar-refractivity contribution is 6.05. The van der Waals surface area contributed by atoms with E-state index in [1.807, 2.05) is 0 Å². The summed E-state index contributed by atoms with van der Waals surface area (Å²) in [6, 6.07) is 6.66. The highest BCUT2D eigenvalue weighted by Gasteiger charge is 2.47. The smallest absolute Gasteiger partial charge is 0.269 e. The minimum atomic E-state index is -0.461. The summed E-state index contributed by atoms with van der Waals surface area (Å²) in [5.74, 6) is -0.452. The molecule has 4 amide bonds. The van der Waals surface area contributed by atoms with E-state index in [1.165, 1.54) is 4.90 Å². The van der Waals surface area contributed by atoms with Crippen molar-refractivity contribution in [3.8, 4) is 5.75 Å². The highest BCUT2D eigenvalue weighted by Crippen LogP contribution is 2.37. The normalized spacial score (nSPS) is 20.5. The minimum absolute atomic E-state index is 0.0365. The zero-order chi connectivity index (χ0) is 22.4. The quantitative estimate of drug-likeness (QED) is 0.488. The van der Waals surface area contributed by atoms with E-state index in [1.54, 1.807) is 24.3 Å². The fourth-order valence-electron chi connectivity index (χ4n) is 4.04. The Hall–Kier alpha value is -2.90. The SMILES string of the molecule is CC(C)CCOc1ccc(C(=O)NNC(=O)CCN2C(=O)C3CCCCC3C2=O)cc1. The Morgan fingerprint density at radius 2 is 1.65 bits per heavy atom. The van der Waals surface area contributed by atoms with Gasteiger partial charge in [-0.3, -0.25) is 34.9 Å². The molecule has 8 heteroatoms. The molecular formula is C23H31N3O5. The number of benzene rings is 1. The zero-order valence-electron chi connectivity index (χ0n) is 18.2. The summed E-state index contributed by atoms with van der Waals surface area (Å²) < 4.78 is 5.62. The van der Waals surface area contributed by atoms with Crippen molar-refractivity contribution in [2.75, 3.05) is 13.2 Å². The maximum atomic E-state index is 12.4. The van der Waals surface area contributed by atoms with Crippen molar-refractivity contribution in [3.63, 3.8) is 0 Å². The molecule has 0 radical (unpaired) electrons. The van der Waals surface area contributed by atoms with Gasteiger partial charge in [0.1, 0.15) is 5.75 Å². The first-order valence-electron chi connectivity index (χ1n) is 11.0. The van der Waals surface area contributed by atoms with Crippen molar-refractivity contribution in [2.24, 2.45) is 17.8 Å². The molecule has 1 aliphatic heterocycles. The zero-order valence-corrected chi connectivity index (χ0v) is 18.2. The Bertz CT molecular complexity index is 797. The number of fused-ring (bicyclic) bond motifs is 1. The second-order valence-corrected chi connectivity index (χ2v) is 8.63. The molecule has 31 heavy (non-hydrogen) atoms. The second-order valence-electron chi connectivity index (χ2n) is 8.63. The van der Waals surface area contributed by atoms with Crippen LogP contribution in [-0.4, -0.2) is 41.7 Å². The number of carbonyl (C=O) groups is 4. The van der Waals surface area contributed by atoms with Gasteiger partial charge in [-0.15, -0.1) is 0 Å². The third-order valence-corrected chi connectivity index (χ3v) is 5.89. The predicted molar refractivity (Wildman–Crippen MR) is 114 cm³/mol. The van der Waals surface area contributed by atoms with Gasteiger partial charge in [0.2, 0.25) is 17.7 Å².